The Labute approximate surface area is 128 Å². The molecule has 0 aliphatic carbocycles. The number of piperidine rings is 1. The molecule has 116 valence electrons. The second-order valence-electron chi connectivity index (χ2n) is 6.42. The van der Waals surface area contributed by atoms with Crippen LogP contribution < -0.4 is 4.74 Å². The number of ether oxygens (including phenoxy) is 1. The van der Waals surface area contributed by atoms with E-state index in [0.29, 0.717) is 12.0 Å². The van der Waals surface area contributed by atoms with Crippen molar-refractivity contribution >= 4 is 5.91 Å². The van der Waals surface area contributed by atoms with E-state index in [4.69, 9.17) is 4.74 Å². The Balaban J connectivity index is 2.02. The van der Waals surface area contributed by atoms with Crippen LogP contribution in [0.15, 0.2) is 18.2 Å². The molecule has 1 heterocycles. The van der Waals surface area contributed by atoms with Crippen LogP contribution in [0.25, 0.3) is 0 Å². The molecule has 0 bridgehead atoms. The molecular weight excluding hydrogens is 262 g/mol. The molecular formula is C18H27NO2. The van der Waals surface area contributed by atoms with E-state index in [2.05, 4.69) is 32.9 Å². The molecule has 0 spiro atoms. The first kappa shape index (κ1) is 15.9. The Morgan fingerprint density at radius 2 is 2.14 bits per heavy atom. The van der Waals surface area contributed by atoms with Crippen molar-refractivity contribution in [1.29, 1.82) is 0 Å². The minimum atomic E-state index is 0.110. The highest BCUT2D eigenvalue weighted by molar-refractivity contribution is 5.78. The van der Waals surface area contributed by atoms with Gasteiger partial charge in [0.2, 0.25) is 0 Å². The molecule has 3 heteroatoms. The van der Waals surface area contributed by atoms with Gasteiger partial charge in [0.25, 0.3) is 5.91 Å². The van der Waals surface area contributed by atoms with Gasteiger partial charge in [0.1, 0.15) is 5.75 Å². The Hall–Kier alpha value is -1.51. The average Bonchev–Trinajstić information content (AvgIpc) is 2.45. The molecule has 0 radical (unpaired) electrons. The number of aryl methyl sites for hydroxylation is 1. The molecule has 3 nitrogen and oxygen atoms in total. The smallest absolute Gasteiger partial charge is 0.260 e. The molecule has 21 heavy (non-hydrogen) atoms. The molecule has 1 saturated heterocycles. The number of likely N-dealkylation sites (tertiary alicyclic amines) is 1. The minimum absolute atomic E-state index is 0.110. The molecule has 1 aromatic rings. The standard InChI is InChI=1S/C18H27NO2/c1-13(2)16-9-8-14(3)11-17(16)21-12-18(20)19-10-6-5-7-15(19)4/h8-9,11,13,15H,5-7,10,12H2,1-4H3. The van der Waals surface area contributed by atoms with E-state index in [1.807, 2.05) is 17.9 Å². The first-order valence-corrected chi connectivity index (χ1v) is 8.02. The molecule has 1 aromatic carbocycles. The van der Waals surface area contributed by atoms with Crippen molar-refractivity contribution in [2.45, 2.75) is 58.9 Å². The molecule has 0 N–H and O–H groups in total. The highest BCUT2D eigenvalue weighted by atomic mass is 16.5. The van der Waals surface area contributed by atoms with E-state index >= 15 is 0 Å². The van der Waals surface area contributed by atoms with Gasteiger partial charge in [-0.3, -0.25) is 4.79 Å². The predicted molar refractivity (Wildman–Crippen MR) is 85.8 cm³/mol. The van der Waals surface area contributed by atoms with Crippen LogP contribution in [-0.4, -0.2) is 30.0 Å². The summed E-state index contributed by atoms with van der Waals surface area (Å²) in [7, 11) is 0. The minimum Gasteiger partial charge on any atom is -0.483 e. The molecule has 1 unspecified atom stereocenters. The number of carbonyl (C=O) groups excluding carboxylic acids is 1. The summed E-state index contributed by atoms with van der Waals surface area (Å²) in [6, 6.07) is 6.57. The van der Waals surface area contributed by atoms with Crippen LogP contribution in [0.1, 0.15) is 57.1 Å². The lowest BCUT2D eigenvalue weighted by molar-refractivity contribution is -0.136. The lowest BCUT2D eigenvalue weighted by Crippen LogP contribution is -2.44. The van der Waals surface area contributed by atoms with Gasteiger partial charge in [-0.1, -0.05) is 26.0 Å². The van der Waals surface area contributed by atoms with E-state index in [1.165, 1.54) is 12.0 Å². The summed E-state index contributed by atoms with van der Waals surface area (Å²) < 4.78 is 5.85. The Kier molecular flexibility index (Phi) is 5.27. The first-order valence-electron chi connectivity index (χ1n) is 8.02. The van der Waals surface area contributed by atoms with E-state index in [9.17, 15) is 4.79 Å². The zero-order valence-electron chi connectivity index (χ0n) is 13.7. The van der Waals surface area contributed by atoms with Crippen molar-refractivity contribution in [2.24, 2.45) is 0 Å². The number of benzene rings is 1. The summed E-state index contributed by atoms with van der Waals surface area (Å²) >= 11 is 0. The molecule has 1 fully saturated rings. The van der Waals surface area contributed by atoms with Crippen LogP contribution in [0.5, 0.6) is 5.75 Å². The topological polar surface area (TPSA) is 29.5 Å². The van der Waals surface area contributed by atoms with Gasteiger partial charge >= 0.3 is 0 Å². The molecule has 1 aliphatic heterocycles. The molecule has 0 aromatic heterocycles. The number of amides is 1. The van der Waals surface area contributed by atoms with Crippen molar-refractivity contribution in [2.75, 3.05) is 13.2 Å². The zero-order chi connectivity index (χ0) is 15.4. The zero-order valence-corrected chi connectivity index (χ0v) is 13.7. The Bertz CT molecular complexity index is 496. The van der Waals surface area contributed by atoms with Gasteiger partial charge in [0.05, 0.1) is 0 Å². The maximum absolute atomic E-state index is 12.3. The third-order valence-corrected chi connectivity index (χ3v) is 4.27. The van der Waals surface area contributed by atoms with Gasteiger partial charge in [-0.15, -0.1) is 0 Å². The van der Waals surface area contributed by atoms with Crippen molar-refractivity contribution in [3.8, 4) is 5.75 Å². The van der Waals surface area contributed by atoms with Crippen LogP contribution in [0, 0.1) is 6.92 Å². The van der Waals surface area contributed by atoms with E-state index < -0.39 is 0 Å². The second kappa shape index (κ2) is 6.97. The number of hydrogen-bond donors (Lipinski definition) is 0. The summed E-state index contributed by atoms with van der Waals surface area (Å²) in [5.74, 6) is 1.35. The monoisotopic (exact) mass is 289 g/mol. The van der Waals surface area contributed by atoms with Gasteiger partial charge in [-0.25, -0.2) is 0 Å². The maximum Gasteiger partial charge on any atom is 0.260 e. The van der Waals surface area contributed by atoms with Gasteiger partial charge in [0, 0.05) is 12.6 Å². The van der Waals surface area contributed by atoms with Crippen LogP contribution in [0.3, 0.4) is 0 Å². The maximum atomic E-state index is 12.3. The molecule has 1 atom stereocenters. The van der Waals surface area contributed by atoms with Gasteiger partial charge in [0.15, 0.2) is 6.61 Å². The fourth-order valence-electron chi connectivity index (χ4n) is 2.93. The lowest BCUT2D eigenvalue weighted by Gasteiger charge is -2.33. The average molecular weight is 289 g/mol. The van der Waals surface area contributed by atoms with Crippen molar-refractivity contribution in [3.63, 3.8) is 0 Å². The van der Waals surface area contributed by atoms with Crippen molar-refractivity contribution in [3.05, 3.63) is 29.3 Å². The second-order valence-corrected chi connectivity index (χ2v) is 6.42. The normalized spacial score (nSPS) is 18.9. The van der Waals surface area contributed by atoms with Crippen LogP contribution in [0.4, 0.5) is 0 Å². The van der Waals surface area contributed by atoms with E-state index in [0.717, 1.165) is 30.7 Å². The highest BCUT2D eigenvalue weighted by Crippen LogP contribution is 2.27. The third-order valence-electron chi connectivity index (χ3n) is 4.27. The van der Waals surface area contributed by atoms with Crippen LogP contribution in [-0.2, 0) is 4.79 Å². The fraction of sp³-hybridized carbons (Fsp3) is 0.611. The van der Waals surface area contributed by atoms with Gasteiger partial charge < -0.3 is 9.64 Å². The summed E-state index contributed by atoms with van der Waals surface area (Å²) in [6.07, 6.45) is 3.44. The third kappa shape index (κ3) is 3.99. The molecule has 1 amide bonds. The predicted octanol–water partition coefficient (Wildman–Crippen LogP) is 3.90. The molecule has 0 saturated carbocycles. The molecule has 1 aliphatic rings. The number of hydrogen-bond acceptors (Lipinski definition) is 2. The number of rotatable bonds is 4. The van der Waals surface area contributed by atoms with Crippen LogP contribution >= 0.6 is 0 Å². The largest absolute Gasteiger partial charge is 0.483 e. The van der Waals surface area contributed by atoms with Crippen molar-refractivity contribution < 1.29 is 9.53 Å². The van der Waals surface area contributed by atoms with E-state index in [-0.39, 0.29) is 12.5 Å². The first-order chi connectivity index (χ1) is 9.99. The van der Waals surface area contributed by atoms with E-state index in [1.54, 1.807) is 0 Å². The van der Waals surface area contributed by atoms with Crippen molar-refractivity contribution in [1.82, 2.24) is 4.90 Å². The molecule has 2 rings (SSSR count). The van der Waals surface area contributed by atoms with Gasteiger partial charge in [-0.2, -0.15) is 0 Å². The Morgan fingerprint density at radius 1 is 1.38 bits per heavy atom. The lowest BCUT2D eigenvalue weighted by atomic mass is 10.0. The van der Waals surface area contributed by atoms with Gasteiger partial charge in [-0.05, 0) is 56.2 Å². The number of carbonyl (C=O) groups is 1. The number of nitrogens with zero attached hydrogens (tertiary/aromatic N) is 1. The highest BCUT2D eigenvalue weighted by Gasteiger charge is 2.23. The fourth-order valence-corrected chi connectivity index (χ4v) is 2.93. The summed E-state index contributed by atoms with van der Waals surface area (Å²) in [6.45, 7) is 9.48. The SMILES string of the molecule is Cc1ccc(C(C)C)c(OCC(=O)N2CCCCC2C)c1. The Morgan fingerprint density at radius 3 is 2.81 bits per heavy atom. The summed E-state index contributed by atoms with van der Waals surface area (Å²) in [4.78, 5) is 14.3. The van der Waals surface area contributed by atoms with Crippen LogP contribution in [0.2, 0.25) is 0 Å². The summed E-state index contributed by atoms with van der Waals surface area (Å²) in [5, 5.41) is 0. The summed E-state index contributed by atoms with van der Waals surface area (Å²) in [5.41, 5.74) is 2.33. The quantitative estimate of drug-likeness (QED) is 0.841.